The Balaban J connectivity index is 1.89. The zero-order valence-corrected chi connectivity index (χ0v) is 13.6. The molecule has 3 heteroatoms. The molecule has 2 rings (SSSR count). The van der Waals surface area contributed by atoms with Crippen LogP contribution in [0.15, 0.2) is 48.5 Å². The average molecular weight is 298 g/mol. The molecule has 0 aliphatic carbocycles. The van der Waals surface area contributed by atoms with Crippen molar-refractivity contribution in [3.05, 3.63) is 59.7 Å². The number of rotatable bonds is 4. The van der Waals surface area contributed by atoms with Crippen LogP contribution in [0.25, 0.3) is 0 Å². The van der Waals surface area contributed by atoms with Gasteiger partial charge in [0.05, 0.1) is 0 Å². The van der Waals surface area contributed by atoms with Gasteiger partial charge in [0.1, 0.15) is 11.5 Å². The van der Waals surface area contributed by atoms with Gasteiger partial charge in [-0.25, -0.2) is 4.79 Å². The maximum absolute atomic E-state index is 11.8. The molecule has 3 nitrogen and oxygen atoms in total. The number of aryl methyl sites for hydroxylation is 1. The van der Waals surface area contributed by atoms with Crippen LogP contribution in [0.4, 0.5) is 0 Å². The van der Waals surface area contributed by atoms with Crippen molar-refractivity contribution in [2.24, 2.45) is 0 Å². The first-order valence-electron chi connectivity index (χ1n) is 7.35. The van der Waals surface area contributed by atoms with Crippen LogP contribution in [0.2, 0.25) is 0 Å². The van der Waals surface area contributed by atoms with Crippen LogP contribution in [-0.2, 0) is 10.2 Å². The van der Waals surface area contributed by atoms with Crippen molar-refractivity contribution in [3.63, 3.8) is 0 Å². The van der Waals surface area contributed by atoms with Crippen molar-refractivity contribution in [3.8, 4) is 11.5 Å². The van der Waals surface area contributed by atoms with E-state index in [-0.39, 0.29) is 12.0 Å². The topological polar surface area (TPSA) is 35.5 Å². The molecule has 0 radical (unpaired) electrons. The minimum absolute atomic E-state index is 0.0802. The number of carbonyl (C=O) groups excluding carboxylic acids is 1. The summed E-state index contributed by atoms with van der Waals surface area (Å²) in [6.45, 7) is 8.30. The molecule has 0 aliphatic rings. The van der Waals surface area contributed by atoms with Crippen molar-refractivity contribution >= 4 is 5.97 Å². The van der Waals surface area contributed by atoms with E-state index in [2.05, 4.69) is 20.8 Å². The molecule has 116 valence electrons. The minimum atomic E-state index is -0.412. The first-order chi connectivity index (χ1) is 10.3. The predicted molar refractivity (Wildman–Crippen MR) is 87.5 cm³/mol. The average Bonchev–Trinajstić information content (AvgIpc) is 2.45. The Hall–Kier alpha value is -2.29. The molecule has 0 amide bonds. The fourth-order valence-corrected chi connectivity index (χ4v) is 2.03. The van der Waals surface area contributed by atoms with Crippen LogP contribution >= 0.6 is 0 Å². The monoisotopic (exact) mass is 298 g/mol. The molecule has 0 heterocycles. The van der Waals surface area contributed by atoms with Gasteiger partial charge in [-0.05, 0) is 47.7 Å². The van der Waals surface area contributed by atoms with Crippen LogP contribution in [-0.4, -0.2) is 12.6 Å². The van der Waals surface area contributed by atoms with Gasteiger partial charge in [-0.2, -0.15) is 0 Å². The van der Waals surface area contributed by atoms with Gasteiger partial charge in [-0.15, -0.1) is 0 Å². The Kier molecular flexibility index (Phi) is 4.86. The number of esters is 1. The summed E-state index contributed by atoms with van der Waals surface area (Å²) in [5.74, 6) is 0.788. The highest BCUT2D eigenvalue weighted by molar-refractivity contribution is 5.74. The third-order valence-corrected chi connectivity index (χ3v) is 3.30. The van der Waals surface area contributed by atoms with Crippen molar-refractivity contribution in [1.82, 2.24) is 0 Å². The summed E-state index contributed by atoms with van der Waals surface area (Å²) in [4.78, 5) is 11.8. The van der Waals surface area contributed by atoms with E-state index in [9.17, 15) is 4.79 Å². The zero-order chi connectivity index (χ0) is 16.2. The Morgan fingerprint density at radius 2 is 1.68 bits per heavy atom. The van der Waals surface area contributed by atoms with E-state index in [1.165, 1.54) is 5.56 Å². The van der Waals surface area contributed by atoms with E-state index in [0.717, 1.165) is 5.56 Å². The van der Waals surface area contributed by atoms with Gasteiger partial charge in [-0.1, -0.05) is 45.0 Å². The highest BCUT2D eigenvalue weighted by Gasteiger charge is 2.13. The van der Waals surface area contributed by atoms with E-state index in [0.29, 0.717) is 11.5 Å². The van der Waals surface area contributed by atoms with E-state index >= 15 is 0 Å². The van der Waals surface area contributed by atoms with E-state index in [1.54, 1.807) is 0 Å². The molecular formula is C19H22O3. The van der Waals surface area contributed by atoms with Crippen LogP contribution in [0.1, 0.15) is 31.9 Å². The molecule has 0 bridgehead atoms. The second kappa shape index (κ2) is 6.65. The lowest BCUT2D eigenvalue weighted by Gasteiger charge is -2.19. The lowest BCUT2D eigenvalue weighted by molar-refractivity contribution is -0.136. The minimum Gasteiger partial charge on any atom is -0.482 e. The molecule has 0 atom stereocenters. The Bertz CT molecular complexity index is 636. The third-order valence-electron chi connectivity index (χ3n) is 3.30. The molecule has 2 aromatic carbocycles. The molecule has 0 saturated carbocycles. The van der Waals surface area contributed by atoms with Gasteiger partial charge in [0.2, 0.25) is 0 Å². The Labute approximate surface area is 131 Å². The number of benzene rings is 2. The molecular weight excluding hydrogens is 276 g/mol. The van der Waals surface area contributed by atoms with Crippen molar-refractivity contribution < 1.29 is 14.3 Å². The first-order valence-corrected chi connectivity index (χ1v) is 7.35. The van der Waals surface area contributed by atoms with Gasteiger partial charge in [0.25, 0.3) is 0 Å². The summed E-state index contributed by atoms with van der Waals surface area (Å²) in [5.41, 5.74) is 2.36. The number of hydrogen-bond donors (Lipinski definition) is 0. The molecule has 0 unspecified atom stereocenters. The summed E-state index contributed by atoms with van der Waals surface area (Å²) in [7, 11) is 0. The lowest BCUT2D eigenvalue weighted by atomic mass is 9.87. The van der Waals surface area contributed by atoms with Gasteiger partial charge in [-0.3, -0.25) is 0 Å². The highest BCUT2D eigenvalue weighted by atomic mass is 16.6. The van der Waals surface area contributed by atoms with E-state index < -0.39 is 5.97 Å². The SMILES string of the molecule is Cc1cccc(OCC(=O)Oc2ccc(C(C)(C)C)cc2)c1. The Morgan fingerprint density at radius 3 is 2.27 bits per heavy atom. The molecule has 0 spiro atoms. The third kappa shape index (κ3) is 4.62. The summed E-state index contributed by atoms with van der Waals surface area (Å²) in [6.07, 6.45) is 0. The lowest BCUT2D eigenvalue weighted by Crippen LogP contribution is -2.18. The zero-order valence-electron chi connectivity index (χ0n) is 13.6. The molecule has 2 aromatic rings. The number of hydrogen-bond acceptors (Lipinski definition) is 3. The maximum Gasteiger partial charge on any atom is 0.349 e. The van der Waals surface area contributed by atoms with Crippen LogP contribution in [0.3, 0.4) is 0 Å². The van der Waals surface area contributed by atoms with Gasteiger partial charge in [0, 0.05) is 0 Å². The summed E-state index contributed by atoms with van der Waals surface area (Å²) in [6, 6.07) is 15.1. The molecule has 22 heavy (non-hydrogen) atoms. The van der Waals surface area contributed by atoms with E-state index in [1.807, 2.05) is 55.5 Å². The smallest absolute Gasteiger partial charge is 0.349 e. The molecule has 0 N–H and O–H groups in total. The van der Waals surface area contributed by atoms with E-state index in [4.69, 9.17) is 9.47 Å². The van der Waals surface area contributed by atoms with Crippen molar-refractivity contribution in [2.75, 3.05) is 6.61 Å². The first kappa shape index (κ1) is 16.1. The normalized spacial score (nSPS) is 11.1. The number of ether oxygens (including phenoxy) is 2. The fourth-order valence-electron chi connectivity index (χ4n) is 2.03. The fraction of sp³-hybridized carbons (Fsp3) is 0.316. The largest absolute Gasteiger partial charge is 0.482 e. The molecule has 0 saturated heterocycles. The van der Waals surface area contributed by atoms with Crippen LogP contribution in [0, 0.1) is 6.92 Å². The summed E-state index contributed by atoms with van der Waals surface area (Å²) in [5, 5.41) is 0. The maximum atomic E-state index is 11.8. The van der Waals surface area contributed by atoms with Gasteiger partial charge in [0.15, 0.2) is 6.61 Å². The van der Waals surface area contributed by atoms with Crippen LogP contribution in [0.5, 0.6) is 11.5 Å². The van der Waals surface area contributed by atoms with Crippen molar-refractivity contribution in [1.29, 1.82) is 0 Å². The van der Waals surface area contributed by atoms with Crippen LogP contribution < -0.4 is 9.47 Å². The van der Waals surface area contributed by atoms with Gasteiger partial charge < -0.3 is 9.47 Å². The standard InChI is InChI=1S/C19H22O3/c1-14-6-5-7-17(12-14)21-13-18(20)22-16-10-8-15(9-11-16)19(2,3)4/h5-12H,13H2,1-4H3. The predicted octanol–water partition coefficient (Wildman–Crippen LogP) is 4.28. The molecule has 0 aliphatic heterocycles. The second-order valence-electron chi connectivity index (χ2n) is 6.35. The Morgan fingerprint density at radius 1 is 1.00 bits per heavy atom. The molecule has 0 aromatic heterocycles. The van der Waals surface area contributed by atoms with Crippen molar-refractivity contribution in [2.45, 2.75) is 33.1 Å². The quantitative estimate of drug-likeness (QED) is 0.624. The second-order valence-corrected chi connectivity index (χ2v) is 6.35. The highest BCUT2D eigenvalue weighted by Crippen LogP contribution is 2.24. The molecule has 0 fully saturated rings. The summed E-state index contributed by atoms with van der Waals surface area (Å²) >= 11 is 0. The number of carbonyl (C=O) groups is 1. The summed E-state index contributed by atoms with van der Waals surface area (Å²) < 4.78 is 10.7. The van der Waals surface area contributed by atoms with Gasteiger partial charge >= 0.3 is 5.97 Å².